The second-order valence-corrected chi connectivity index (χ2v) is 10.4. The lowest BCUT2D eigenvalue weighted by molar-refractivity contribution is -0.133. The van der Waals surface area contributed by atoms with Gasteiger partial charge >= 0.3 is 6.03 Å². The van der Waals surface area contributed by atoms with Gasteiger partial charge in [0, 0.05) is 42.1 Å². The Balaban J connectivity index is 1.67. The number of hydrogen-bond acceptors (Lipinski definition) is 4. The fourth-order valence-electron chi connectivity index (χ4n) is 5.26. The van der Waals surface area contributed by atoms with Crippen molar-refractivity contribution < 1.29 is 19.1 Å². The number of phenols is 1. The zero-order chi connectivity index (χ0) is 25.2. The average Bonchev–Trinajstić information content (AvgIpc) is 3.22. The van der Waals surface area contributed by atoms with Crippen LogP contribution >= 0.6 is 11.6 Å². The summed E-state index contributed by atoms with van der Waals surface area (Å²) in [5, 5.41) is 10.9. The van der Waals surface area contributed by atoms with E-state index < -0.39 is 17.4 Å². The highest BCUT2D eigenvalue weighted by molar-refractivity contribution is 6.31. The number of aromatic amines is 1. The molecule has 3 amide bonds. The van der Waals surface area contributed by atoms with Crippen molar-refractivity contribution in [2.45, 2.75) is 44.8 Å². The summed E-state index contributed by atoms with van der Waals surface area (Å²) in [6.45, 7) is 6.72. The smallest absolute Gasteiger partial charge is 0.328 e. The predicted molar refractivity (Wildman–Crippen MR) is 132 cm³/mol. The second kappa shape index (κ2) is 8.24. The molecule has 0 spiro atoms. The molecular weight excluding hydrogens is 471 g/mol. The van der Waals surface area contributed by atoms with Crippen molar-refractivity contribution in [3.8, 4) is 5.75 Å². The van der Waals surface area contributed by atoms with Crippen molar-refractivity contribution in [2.75, 3.05) is 20.1 Å². The van der Waals surface area contributed by atoms with Gasteiger partial charge in [-0.15, -0.1) is 0 Å². The summed E-state index contributed by atoms with van der Waals surface area (Å²) < 4.78 is 14.3. The molecule has 0 saturated carbocycles. The number of fused-ring (bicyclic) bond motifs is 4. The van der Waals surface area contributed by atoms with Gasteiger partial charge in [0.15, 0.2) is 0 Å². The standard InChI is InChI=1S/C26H28ClFN4O3/c1-14(2)30(4)8-9-31-24(34)26(3)13-18-17-11-19(27)20(28)12-21(17)29-22(18)23(32(26)25(31)35)15-6-5-7-16(33)10-15/h5-7,10-12,14,23,29,33H,8-9,13H2,1-4H3. The number of carbonyl (C=O) groups is 2. The predicted octanol–water partition coefficient (Wildman–Crippen LogP) is 4.67. The Labute approximate surface area is 208 Å². The first-order valence-corrected chi connectivity index (χ1v) is 12.0. The minimum atomic E-state index is -1.15. The first-order chi connectivity index (χ1) is 16.5. The molecule has 35 heavy (non-hydrogen) atoms. The van der Waals surface area contributed by atoms with Gasteiger partial charge in [-0.05, 0) is 63.2 Å². The van der Waals surface area contributed by atoms with Gasteiger partial charge in [-0.3, -0.25) is 14.6 Å². The number of halogens is 2. The SMILES string of the molecule is CC(C)N(C)CCN1C(=O)N2C(c3cccc(O)c3)c3[nH]c4cc(F)c(Cl)cc4c3CC2(C)C1=O. The van der Waals surface area contributed by atoms with Crippen LogP contribution in [0.1, 0.15) is 43.6 Å². The lowest BCUT2D eigenvalue weighted by Crippen LogP contribution is -2.53. The van der Waals surface area contributed by atoms with Crippen molar-refractivity contribution >= 4 is 34.4 Å². The fourth-order valence-corrected chi connectivity index (χ4v) is 5.43. The maximum Gasteiger partial charge on any atom is 0.328 e. The first kappa shape index (κ1) is 23.6. The monoisotopic (exact) mass is 498 g/mol. The largest absolute Gasteiger partial charge is 0.508 e. The average molecular weight is 499 g/mol. The number of benzene rings is 2. The summed E-state index contributed by atoms with van der Waals surface area (Å²) in [7, 11) is 1.96. The van der Waals surface area contributed by atoms with Gasteiger partial charge in [0.05, 0.1) is 5.02 Å². The molecule has 184 valence electrons. The third-order valence-electron chi connectivity index (χ3n) is 7.45. The van der Waals surface area contributed by atoms with Gasteiger partial charge in [-0.1, -0.05) is 23.7 Å². The number of nitrogens with zero attached hydrogens (tertiary/aromatic N) is 3. The molecule has 0 radical (unpaired) electrons. The quantitative estimate of drug-likeness (QED) is 0.501. The Bertz CT molecular complexity index is 1360. The van der Waals surface area contributed by atoms with E-state index in [1.54, 1.807) is 36.1 Å². The van der Waals surface area contributed by atoms with Crippen molar-refractivity contribution in [3.63, 3.8) is 0 Å². The summed E-state index contributed by atoms with van der Waals surface area (Å²) in [4.78, 5) is 35.9. The topological polar surface area (TPSA) is 79.9 Å². The third kappa shape index (κ3) is 3.58. The van der Waals surface area contributed by atoms with Crippen LogP contribution < -0.4 is 0 Å². The van der Waals surface area contributed by atoms with Crippen LogP contribution in [0.5, 0.6) is 5.75 Å². The molecule has 2 atom stereocenters. The Hall–Kier alpha value is -3.10. The number of aromatic hydroxyl groups is 1. The molecular formula is C26H28ClFN4O3. The van der Waals surface area contributed by atoms with Crippen LogP contribution in [0.15, 0.2) is 36.4 Å². The van der Waals surface area contributed by atoms with E-state index in [2.05, 4.69) is 23.7 Å². The van der Waals surface area contributed by atoms with E-state index >= 15 is 0 Å². The maximum absolute atomic E-state index is 14.3. The third-order valence-corrected chi connectivity index (χ3v) is 7.74. The van der Waals surface area contributed by atoms with Crippen molar-refractivity contribution in [3.05, 3.63) is 64.1 Å². The molecule has 1 saturated heterocycles. The number of likely N-dealkylation sites (N-methyl/N-ethyl adjacent to an activating group) is 1. The highest BCUT2D eigenvalue weighted by atomic mass is 35.5. The van der Waals surface area contributed by atoms with Crippen molar-refractivity contribution in [1.82, 2.24) is 19.7 Å². The molecule has 2 aliphatic rings. The lowest BCUT2D eigenvalue weighted by Gasteiger charge is -2.42. The number of aromatic nitrogens is 1. The maximum atomic E-state index is 14.3. The molecule has 2 unspecified atom stereocenters. The summed E-state index contributed by atoms with van der Waals surface area (Å²) in [6, 6.07) is 8.78. The Morgan fingerprint density at radius 2 is 2.03 bits per heavy atom. The summed E-state index contributed by atoms with van der Waals surface area (Å²) >= 11 is 6.11. The number of imide groups is 1. The van der Waals surface area contributed by atoms with Gasteiger partial charge < -0.3 is 15.0 Å². The van der Waals surface area contributed by atoms with Gasteiger partial charge in [-0.25, -0.2) is 9.18 Å². The van der Waals surface area contributed by atoms with E-state index in [0.29, 0.717) is 23.3 Å². The number of H-pyrrole nitrogens is 1. The molecule has 0 bridgehead atoms. The fraction of sp³-hybridized carbons (Fsp3) is 0.385. The molecule has 3 heterocycles. The summed E-state index contributed by atoms with van der Waals surface area (Å²) in [5.74, 6) is -0.765. The molecule has 2 N–H and O–H groups in total. The van der Waals surface area contributed by atoms with Gasteiger partial charge in [-0.2, -0.15) is 0 Å². The van der Waals surface area contributed by atoms with E-state index in [1.165, 1.54) is 11.0 Å². The minimum Gasteiger partial charge on any atom is -0.508 e. The number of urea groups is 1. The van der Waals surface area contributed by atoms with Crippen LogP contribution in [0.2, 0.25) is 5.02 Å². The van der Waals surface area contributed by atoms with Crippen molar-refractivity contribution in [2.24, 2.45) is 0 Å². The molecule has 1 fully saturated rings. The summed E-state index contributed by atoms with van der Waals surface area (Å²) in [6.07, 6.45) is 0.265. The van der Waals surface area contributed by atoms with Crippen molar-refractivity contribution in [1.29, 1.82) is 0 Å². The second-order valence-electron chi connectivity index (χ2n) is 9.96. The number of amides is 3. The zero-order valence-corrected chi connectivity index (χ0v) is 20.9. The van der Waals surface area contributed by atoms with Gasteiger partial charge in [0.25, 0.3) is 5.91 Å². The molecule has 1 aromatic heterocycles. The zero-order valence-electron chi connectivity index (χ0n) is 20.1. The Morgan fingerprint density at radius 3 is 2.71 bits per heavy atom. The highest BCUT2D eigenvalue weighted by Crippen LogP contribution is 2.49. The lowest BCUT2D eigenvalue weighted by atomic mass is 9.81. The van der Waals surface area contributed by atoms with Crippen LogP contribution in [-0.2, 0) is 11.2 Å². The van der Waals surface area contributed by atoms with E-state index in [0.717, 1.165) is 10.9 Å². The molecule has 3 aromatic rings. The molecule has 7 nitrogen and oxygen atoms in total. The number of hydrogen-bond donors (Lipinski definition) is 2. The molecule has 2 aromatic carbocycles. The molecule has 9 heteroatoms. The van der Waals surface area contributed by atoms with E-state index in [4.69, 9.17) is 11.6 Å². The molecule has 2 aliphatic heterocycles. The van der Waals surface area contributed by atoms with E-state index in [1.807, 2.05) is 13.1 Å². The van der Waals surface area contributed by atoms with Crippen LogP contribution in [-0.4, -0.2) is 68.4 Å². The minimum absolute atomic E-state index is 0.00652. The summed E-state index contributed by atoms with van der Waals surface area (Å²) in [5.41, 5.74) is 1.55. The highest BCUT2D eigenvalue weighted by Gasteiger charge is 2.60. The van der Waals surface area contributed by atoms with Gasteiger partial charge in [0.1, 0.15) is 23.1 Å². The molecule has 0 aliphatic carbocycles. The van der Waals surface area contributed by atoms with Crippen LogP contribution in [0.25, 0.3) is 10.9 Å². The van der Waals surface area contributed by atoms with E-state index in [-0.39, 0.29) is 41.7 Å². The van der Waals surface area contributed by atoms with Crippen LogP contribution in [0.3, 0.4) is 0 Å². The normalized spacial score (nSPS) is 22.0. The van der Waals surface area contributed by atoms with Crippen LogP contribution in [0.4, 0.5) is 9.18 Å². The van der Waals surface area contributed by atoms with Gasteiger partial charge in [0.2, 0.25) is 0 Å². The molecule has 5 rings (SSSR count). The first-order valence-electron chi connectivity index (χ1n) is 11.7. The van der Waals surface area contributed by atoms with Crippen LogP contribution in [0, 0.1) is 5.82 Å². The van der Waals surface area contributed by atoms with E-state index in [9.17, 15) is 19.1 Å². The Kier molecular flexibility index (Phi) is 5.56. The number of nitrogens with one attached hydrogen (secondary N) is 1. The number of rotatable bonds is 5. The Morgan fingerprint density at radius 1 is 1.29 bits per heavy atom. The number of phenolic OH excluding ortho intramolecular Hbond substituents is 1. The number of carbonyl (C=O) groups excluding carboxylic acids is 2.